The fraction of sp³-hybridized carbons (Fsp3) is 0.250. The van der Waals surface area contributed by atoms with Crippen molar-refractivity contribution in [3.05, 3.63) is 89.1 Å². The SMILES string of the molecule is O=C(c1ccccc1)C1CCN(Cc2ccnc(-c3ccc(Cl)cc3)c2)CC1. The monoisotopic (exact) mass is 390 g/mol. The number of nitrogens with zero attached hydrogens (tertiary/aromatic N) is 2. The molecule has 0 bridgehead atoms. The Morgan fingerprint density at radius 2 is 1.71 bits per heavy atom. The molecule has 142 valence electrons. The number of hydrogen-bond donors (Lipinski definition) is 0. The molecule has 1 aliphatic heterocycles. The lowest BCUT2D eigenvalue weighted by Crippen LogP contribution is -2.36. The number of ketones is 1. The van der Waals surface area contributed by atoms with Gasteiger partial charge in [0.25, 0.3) is 0 Å². The molecule has 0 N–H and O–H groups in total. The predicted molar refractivity (Wildman–Crippen MR) is 113 cm³/mol. The average Bonchev–Trinajstić information content (AvgIpc) is 2.75. The first kappa shape index (κ1) is 18.9. The van der Waals surface area contributed by atoms with Crippen molar-refractivity contribution < 1.29 is 4.79 Å². The Morgan fingerprint density at radius 1 is 1.00 bits per heavy atom. The van der Waals surface area contributed by atoms with E-state index in [0.717, 1.165) is 54.3 Å². The molecule has 4 rings (SSSR count). The molecule has 0 radical (unpaired) electrons. The standard InChI is InChI=1S/C24H23ClN2O/c25-22-8-6-19(7-9-22)23-16-18(10-13-26-23)17-27-14-11-21(12-15-27)24(28)20-4-2-1-3-5-20/h1-10,13,16,21H,11-12,14-15,17H2. The molecular weight excluding hydrogens is 368 g/mol. The molecule has 0 aliphatic carbocycles. The predicted octanol–water partition coefficient (Wildman–Crippen LogP) is 5.50. The van der Waals surface area contributed by atoms with Crippen LogP contribution in [0, 0.1) is 5.92 Å². The molecule has 0 amide bonds. The van der Waals surface area contributed by atoms with E-state index in [1.54, 1.807) is 0 Å². The zero-order chi connectivity index (χ0) is 19.3. The molecule has 3 aromatic rings. The van der Waals surface area contributed by atoms with Crippen molar-refractivity contribution in [3.63, 3.8) is 0 Å². The summed E-state index contributed by atoms with van der Waals surface area (Å²) in [4.78, 5) is 19.6. The summed E-state index contributed by atoms with van der Waals surface area (Å²) in [5, 5.41) is 0.729. The summed E-state index contributed by atoms with van der Waals surface area (Å²) < 4.78 is 0. The minimum absolute atomic E-state index is 0.140. The van der Waals surface area contributed by atoms with Crippen molar-refractivity contribution in [3.8, 4) is 11.3 Å². The van der Waals surface area contributed by atoms with Crippen LogP contribution in [0.1, 0.15) is 28.8 Å². The molecule has 2 aromatic carbocycles. The van der Waals surface area contributed by atoms with E-state index in [0.29, 0.717) is 0 Å². The maximum Gasteiger partial charge on any atom is 0.166 e. The van der Waals surface area contributed by atoms with E-state index in [-0.39, 0.29) is 11.7 Å². The van der Waals surface area contributed by atoms with Gasteiger partial charge in [0.05, 0.1) is 5.69 Å². The average molecular weight is 391 g/mol. The second-order valence-electron chi connectivity index (χ2n) is 7.34. The maximum absolute atomic E-state index is 12.7. The number of halogens is 1. The molecule has 2 heterocycles. The molecule has 1 fully saturated rings. The lowest BCUT2D eigenvalue weighted by atomic mass is 9.89. The summed E-state index contributed by atoms with van der Waals surface area (Å²) in [7, 11) is 0. The summed E-state index contributed by atoms with van der Waals surface area (Å²) >= 11 is 5.98. The first-order valence-corrected chi connectivity index (χ1v) is 10.1. The van der Waals surface area contributed by atoms with Crippen molar-refractivity contribution in [2.24, 2.45) is 5.92 Å². The number of likely N-dealkylation sites (tertiary alicyclic amines) is 1. The summed E-state index contributed by atoms with van der Waals surface area (Å²) in [5.74, 6) is 0.426. The normalized spacial score (nSPS) is 15.5. The van der Waals surface area contributed by atoms with Gasteiger partial charge in [0.15, 0.2) is 5.78 Å². The van der Waals surface area contributed by atoms with Gasteiger partial charge in [0.1, 0.15) is 0 Å². The van der Waals surface area contributed by atoms with Gasteiger partial charge in [0.2, 0.25) is 0 Å². The van der Waals surface area contributed by atoms with E-state index < -0.39 is 0 Å². The van der Waals surface area contributed by atoms with Crippen LogP contribution in [0.25, 0.3) is 11.3 Å². The van der Waals surface area contributed by atoms with Crippen LogP contribution in [0.4, 0.5) is 0 Å². The molecule has 0 unspecified atom stereocenters. The zero-order valence-corrected chi connectivity index (χ0v) is 16.5. The molecule has 1 aromatic heterocycles. The van der Waals surface area contributed by atoms with Gasteiger partial charge in [-0.25, -0.2) is 0 Å². The van der Waals surface area contributed by atoms with Crippen LogP contribution in [0.15, 0.2) is 72.9 Å². The molecule has 0 saturated carbocycles. The fourth-order valence-electron chi connectivity index (χ4n) is 3.80. The highest BCUT2D eigenvalue weighted by Crippen LogP contribution is 2.24. The lowest BCUT2D eigenvalue weighted by Gasteiger charge is -2.31. The van der Waals surface area contributed by atoms with Crippen molar-refractivity contribution >= 4 is 17.4 Å². The maximum atomic E-state index is 12.7. The van der Waals surface area contributed by atoms with Crippen LogP contribution >= 0.6 is 11.6 Å². The molecule has 1 aliphatic rings. The largest absolute Gasteiger partial charge is 0.299 e. The number of hydrogen-bond acceptors (Lipinski definition) is 3. The first-order valence-electron chi connectivity index (χ1n) is 9.71. The fourth-order valence-corrected chi connectivity index (χ4v) is 3.93. The topological polar surface area (TPSA) is 33.2 Å². The zero-order valence-electron chi connectivity index (χ0n) is 15.7. The van der Waals surface area contributed by atoms with E-state index in [2.05, 4.69) is 22.0 Å². The van der Waals surface area contributed by atoms with Gasteiger partial charge in [-0.05, 0) is 55.8 Å². The molecule has 0 atom stereocenters. The van der Waals surface area contributed by atoms with Crippen LogP contribution in [0.3, 0.4) is 0 Å². The highest BCUT2D eigenvalue weighted by atomic mass is 35.5. The van der Waals surface area contributed by atoms with E-state index >= 15 is 0 Å². The lowest BCUT2D eigenvalue weighted by molar-refractivity contribution is 0.0835. The summed E-state index contributed by atoms with van der Waals surface area (Å²) in [6.07, 6.45) is 3.71. The summed E-state index contributed by atoms with van der Waals surface area (Å²) in [6.45, 7) is 2.78. The minimum Gasteiger partial charge on any atom is -0.299 e. The van der Waals surface area contributed by atoms with Crippen LogP contribution in [-0.4, -0.2) is 28.8 Å². The second-order valence-corrected chi connectivity index (χ2v) is 7.77. The van der Waals surface area contributed by atoms with E-state index in [4.69, 9.17) is 11.6 Å². The van der Waals surface area contributed by atoms with Crippen molar-refractivity contribution in [1.82, 2.24) is 9.88 Å². The number of benzene rings is 2. The van der Waals surface area contributed by atoms with Gasteiger partial charge in [-0.2, -0.15) is 0 Å². The van der Waals surface area contributed by atoms with Crippen molar-refractivity contribution in [1.29, 1.82) is 0 Å². The second kappa shape index (κ2) is 8.68. The molecular formula is C24H23ClN2O. The van der Waals surface area contributed by atoms with Crippen LogP contribution in [-0.2, 0) is 6.54 Å². The Labute approximate surface area is 171 Å². The number of carbonyl (C=O) groups excluding carboxylic acids is 1. The minimum atomic E-state index is 0.140. The number of aromatic nitrogens is 1. The van der Waals surface area contributed by atoms with Crippen LogP contribution in [0.5, 0.6) is 0 Å². The Morgan fingerprint density at radius 3 is 2.43 bits per heavy atom. The summed E-state index contributed by atoms with van der Waals surface area (Å²) in [6, 6.07) is 21.6. The Bertz CT molecular complexity index is 932. The molecule has 4 heteroatoms. The third-order valence-electron chi connectivity index (χ3n) is 5.39. The van der Waals surface area contributed by atoms with Gasteiger partial charge < -0.3 is 0 Å². The summed E-state index contributed by atoms with van der Waals surface area (Å²) in [5.41, 5.74) is 4.11. The number of carbonyl (C=O) groups is 1. The number of piperidine rings is 1. The molecule has 28 heavy (non-hydrogen) atoms. The van der Waals surface area contributed by atoms with E-state index in [1.165, 1.54) is 5.56 Å². The number of rotatable bonds is 5. The smallest absolute Gasteiger partial charge is 0.166 e. The van der Waals surface area contributed by atoms with Gasteiger partial charge >= 0.3 is 0 Å². The van der Waals surface area contributed by atoms with E-state index in [9.17, 15) is 4.79 Å². The van der Waals surface area contributed by atoms with Gasteiger partial charge in [-0.15, -0.1) is 0 Å². The van der Waals surface area contributed by atoms with Crippen LogP contribution < -0.4 is 0 Å². The number of Topliss-reactive ketones (excluding diaryl/α,β-unsaturated/α-hetero) is 1. The third-order valence-corrected chi connectivity index (χ3v) is 5.64. The molecule has 1 saturated heterocycles. The van der Waals surface area contributed by atoms with Crippen molar-refractivity contribution in [2.75, 3.05) is 13.1 Å². The van der Waals surface area contributed by atoms with Gasteiger partial charge in [-0.1, -0.05) is 54.1 Å². The first-order chi connectivity index (χ1) is 13.7. The highest BCUT2D eigenvalue weighted by Gasteiger charge is 2.25. The van der Waals surface area contributed by atoms with Gasteiger partial charge in [0, 0.05) is 34.8 Å². The van der Waals surface area contributed by atoms with Crippen molar-refractivity contribution in [2.45, 2.75) is 19.4 Å². The third kappa shape index (κ3) is 4.49. The number of pyridine rings is 1. The quantitative estimate of drug-likeness (QED) is 0.539. The molecule has 0 spiro atoms. The Hall–Kier alpha value is -2.49. The van der Waals surface area contributed by atoms with Gasteiger partial charge in [-0.3, -0.25) is 14.7 Å². The Kier molecular flexibility index (Phi) is 5.84. The Balaban J connectivity index is 1.37. The van der Waals surface area contributed by atoms with Crippen LogP contribution in [0.2, 0.25) is 5.02 Å². The van der Waals surface area contributed by atoms with E-state index in [1.807, 2.05) is 60.8 Å². The molecule has 3 nitrogen and oxygen atoms in total. The highest BCUT2D eigenvalue weighted by molar-refractivity contribution is 6.30.